The van der Waals surface area contributed by atoms with Gasteiger partial charge in [0.25, 0.3) is 0 Å². The molecule has 2 aliphatic rings. The van der Waals surface area contributed by atoms with Gasteiger partial charge in [0.05, 0.1) is 11.3 Å². The minimum Gasteiger partial charge on any atom is -0.872 e. The second-order valence-corrected chi connectivity index (χ2v) is 5.99. The van der Waals surface area contributed by atoms with Crippen LogP contribution >= 0.6 is 0 Å². The molecule has 2 aromatic carbocycles. The average Bonchev–Trinajstić information content (AvgIpc) is 2.65. The zero-order valence-electron chi connectivity index (χ0n) is 13.9. The van der Waals surface area contributed by atoms with Crippen LogP contribution in [0.1, 0.15) is 10.4 Å². The maximum absolute atomic E-state index is 11.9. The van der Waals surface area contributed by atoms with E-state index < -0.39 is 5.97 Å². The first-order chi connectivity index (χ1) is 13.0. The Morgan fingerprint density at radius 3 is 2.56 bits per heavy atom. The normalized spacial score (nSPS) is 11.0. The number of aliphatic imine (C=N–C) groups is 1. The Bertz CT molecular complexity index is 1260. The Hall–Kier alpha value is -3.93. The van der Waals surface area contributed by atoms with Crippen LogP contribution in [0.15, 0.2) is 68.8 Å². The Labute approximate surface area is 153 Å². The van der Waals surface area contributed by atoms with Crippen molar-refractivity contribution in [1.29, 1.82) is 0 Å². The molecule has 0 spiro atoms. The Balaban J connectivity index is 2.19. The number of aromatic carboxylic acids is 1. The molecule has 1 aliphatic carbocycles. The molecule has 1 aliphatic heterocycles. The highest BCUT2D eigenvalue weighted by molar-refractivity contribution is 6.07. The minimum atomic E-state index is -1.13. The van der Waals surface area contributed by atoms with Crippen molar-refractivity contribution < 1.29 is 19.4 Å². The van der Waals surface area contributed by atoms with E-state index >= 15 is 0 Å². The standard InChI is InChI=1S/C21H13NO5/c1-22-11-2-5-14(17(8-11)21(25)26)20-15-6-3-12(23)9-18(15)27-19-10-13(24)4-7-16(19)20/h2-10,23H,1H2,(H,25,26)/p-1. The highest BCUT2D eigenvalue weighted by atomic mass is 16.4. The summed E-state index contributed by atoms with van der Waals surface area (Å²) in [6, 6.07) is 13.3. The van der Waals surface area contributed by atoms with E-state index in [1.165, 1.54) is 30.3 Å². The zero-order valence-corrected chi connectivity index (χ0v) is 13.9. The molecule has 0 radical (unpaired) electrons. The van der Waals surface area contributed by atoms with Gasteiger partial charge in [0.2, 0.25) is 0 Å². The molecule has 0 saturated heterocycles. The number of fused-ring (bicyclic) bond motifs is 2. The van der Waals surface area contributed by atoms with E-state index in [-0.39, 0.29) is 28.1 Å². The van der Waals surface area contributed by atoms with Crippen molar-refractivity contribution in [2.24, 2.45) is 4.99 Å². The summed E-state index contributed by atoms with van der Waals surface area (Å²) in [5.41, 5.74) is 2.05. The van der Waals surface area contributed by atoms with Gasteiger partial charge in [-0.3, -0.25) is 9.79 Å². The first kappa shape index (κ1) is 16.5. The van der Waals surface area contributed by atoms with E-state index in [0.29, 0.717) is 27.8 Å². The van der Waals surface area contributed by atoms with Crippen molar-refractivity contribution in [2.45, 2.75) is 0 Å². The summed E-state index contributed by atoms with van der Waals surface area (Å²) in [5, 5.41) is 22.0. The summed E-state index contributed by atoms with van der Waals surface area (Å²) in [6.07, 6.45) is 0. The number of rotatable bonds is 3. The van der Waals surface area contributed by atoms with Gasteiger partial charge in [0, 0.05) is 22.6 Å². The van der Waals surface area contributed by atoms with E-state index in [1.54, 1.807) is 24.3 Å². The molecule has 1 heterocycles. The second-order valence-electron chi connectivity index (χ2n) is 5.99. The fourth-order valence-corrected chi connectivity index (χ4v) is 3.17. The highest BCUT2D eigenvalue weighted by Gasteiger charge is 2.21. The summed E-state index contributed by atoms with van der Waals surface area (Å²) in [7, 11) is 0. The molecule has 0 atom stereocenters. The largest absolute Gasteiger partial charge is 0.872 e. The molecule has 0 aromatic heterocycles. The van der Waals surface area contributed by atoms with Crippen LogP contribution in [-0.2, 0) is 0 Å². The molecule has 6 nitrogen and oxygen atoms in total. The lowest BCUT2D eigenvalue weighted by Crippen LogP contribution is -2.03. The number of carbonyl (C=O) groups is 1. The zero-order chi connectivity index (χ0) is 19.1. The number of benzene rings is 3. The van der Waals surface area contributed by atoms with Crippen molar-refractivity contribution in [1.82, 2.24) is 0 Å². The summed E-state index contributed by atoms with van der Waals surface area (Å²) in [4.78, 5) is 27.4. The monoisotopic (exact) mass is 358 g/mol. The summed E-state index contributed by atoms with van der Waals surface area (Å²) >= 11 is 0. The van der Waals surface area contributed by atoms with Gasteiger partial charge in [0.15, 0.2) is 5.43 Å². The van der Waals surface area contributed by atoms with Crippen LogP contribution in [0.5, 0.6) is 5.75 Å². The predicted molar refractivity (Wildman–Crippen MR) is 100 cm³/mol. The Morgan fingerprint density at radius 1 is 1.04 bits per heavy atom. The van der Waals surface area contributed by atoms with Crippen molar-refractivity contribution in [3.8, 4) is 28.2 Å². The summed E-state index contributed by atoms with van der Waals surface area (Å²) < 4.78 is 5.74. The number of hydrogen-bond acceptors (Lipinski definition) is 5. The molecule has 1 N–H and O–H groups in total. The van der Waals surface area contributed by atoms with Gasteiger partial charge in [0.1, 0.15) is 11.3 Å². The first-order valence-corrected chi connectivity index (χ1v) is 8.00. The van der Waals surface area contributed by atoms with Gasteiger partial charge in [-0.05, 0) is 42.6 Å². The molecule has 2 aromatic rings. The van der Waals surface area contributed by atoms with Crippen LogP contribution in [0, 0.1) is 0 Å². The van der Waals surface area contributed by atoms with Crippen LogP contribution in [0.4, 0.5) is 5.69 Å². The summed E-state index contributed by atoms with van der Waals surface area (Å²) in [6.45, 7) is 3.43. The Kier molecular flexibility index (Phi) is 3.74. The molecule has 27 heavy (non-hydrogen) atoms. The van der Waals surface area contributed by atoms with Crippen LogP contribution in [-0.4, -0.2) is 17.8 Å². The smallest absolute Gasteiger partial charge is 0.336 e. The topological polar surface area (TPSA) is 103 Å². The van der Waals surface area contributed by atoms with E-state index in [4.69, 9.17) is 4.42 Å². The molecule has 0 amide bonds. The maximum Gasteiger partial charge on any atom is 0.336 e. The van der Waals surface area contributed by atoms with Crippen LogP contribution in [0.25, 0.3) is 33.4 Å². The van der Waals surface area contributed by atoms with Crippen LogP contribution < -0.4 is 10.5 Å². The first-order valence-electron chi connectivity index (χ1n) is 8.00. The molecule has 0 unspecified atom stereocenters. The molecule has 0 fully saturated rings. The number of nitrogens with zero attached hydrogens (tertiary/aromatic N) is 1. The third-order valence-corrected chi connectivity index (χ3v) is 4.35. The second kappa shape index (κ2) is 6.10. The number of carboxylic acids is 1. The highest BCUT2D eigenvalue weighted by Crippen LogP contribution is 2.42. The van der Waals surface area contributed by atoms with Crippen molar-refractivity contribution in [2.75, 3.05) is 0 Å². The Morgan fingerprint density at radius 2 is 1.81 bits per heavy atom. The lowest BCUT2D eigenvalue weighted by molar-refractivity contribution is -0.268. The van der Waals surface area contributed by atoms with E-state index in [0.717, 1.165) is 0 Å². The van der Waals surface area contributed by atoms with Crippen molar-refractivity contribution >= 4 is 29.3 Å². The molecular weight excluding hydrogens is 346 g/mol. The van der Waals surface area contributed by atoms with Crippen LogP contribution in [0.2, 0.25) is 0 Å². The molecule has 6 heteroatoms. The maximum atomic E-state index is 11.9. The summed E-state index contributed by atoms with van der Waals surface area (Å²) in [5.74, 6) is -1.10. The van der Waals surface area contributed by atoms with Crippen LogP contribution in [0.3, 0.4) is 0 Å². The predicted octanol–water partition coefficient (Wildman–Crippen LogP) is 3.67. The molecule has 4 rings (SSSR count). The minimum absolute atomic E-state index is 0.0334. The van der Waals surface area contributed by atoms with E-state index in [2.05, 4.69) is 11.7 Å². The van der Waals surface area contributed by atoms with Gasteiger partial charge in [-0.25, -0.2) is 4.79 Å². The van der Waals surface area contributed by atoms with E-state index in [9.17, 15) is 19.8 Å². The van der Waals surface area contributed by atoms with Crippen molar-refractivity contribution in [3.63, 3.8) is 0 Å². The third kappa shape index (κ3) is 2.73. The van der Waals surface area contributed by atoms with Crippen molar-refractivity contribution in [3.05, 3.63) is 70.4 Å². The van der Waals surface area contributed by atoms with Gasteiger partial charge in [-0.2, -0.15) is 0 Å². The quantitative estimate of drug-likeness (QED) is 0.444. The van der Waals surface area contributed by atoms with Gasteiger partial charge in [-0.1, -0.05) is 18.2 Å². The fourth-order valence-electron chi connectivity index (χ4n) is 3.17. The van der Waals surface area contributed by atoms with E-state index in [1.807, 2.05) is 0 Å². The number of hydrogen-bond donors (Lipinski definition) is 1. The lowest BCUT2D eigenvalue weighted by atomic mass is 9.90. The molecule has 132 valence electrons. The van der Waals surface area contributed by atoms with Gasteiger partial charge < -0.3 is 14.6 Å². The SMILES string of the molecule is C=Nc1ccc(-c2c3ccc(=O)cc-3oc3cc([O-])ccc23)c(C(=O)O)c1. The third-order valence-electron chi connectivity index (χ3n) is 4.35. The van der Waals surface area contributed by atoms with Gasteiger partial charge in [-0.15, -0.1) is 5.75 Å². The number of carboxylic acid groups (broad SMARTS) is 1. The molecule has 0 bridgehead atoms. The lowest BCUT2D eigenvalue weighted by Gasteiger charge is -2.18. The van der Waals surface area contributed by atoms with Gasteiger partial charge >= 0.3 is 5.97 Å². The average molecular weight is 358 g/mol. The molecule has 0 saturated carbocycles. The molecular formula is C21H12NO5-. The fraction of sp³-hybridized carbons (Fsp3) is 0.